The Morgan fingerprint density at radius 2 is 1.89 bits per heavy atom. The molecule has 0 spiro atoms. The van der Waals surface area contributed by atoms with E-state index in [-0.39, 0.29) is 22.1 Å². The average molecular weight is 571 g/mol. The first-order chi connectivity index (χ1) is 17.5. The number of hydrogen-bond acceptors (Lipinski definition) is 6. The van der Waals surface area contributed by atoms with Crippen LogP contribution in [-0.4, -0.2) is 35.6 Å². The molecule has 7 nitrogen and oxygen atoms in total. The Bertz CT molecular complexity index is 1440. The van der Waals surface area contributed by atoms with Crippen LogP contribution in [0.3, 0.4) is 0 Å². The molecule has 0 saturated carbocycles. The van der Waals surface area contributed by atoms with Gasteiger partial charge >= 0.3 is 6.18 Å². The number of rotatable bonds is 6. The van der Waals surface area contributed by atoms with E-state index >= 15 is 0 Å². The summed E-state index contributed by atoms with van der Waals surface area (Å²) in [6, 6.07) is 10.6. The molecule has 1 N–H and O–H groups in total. The number of carbonyl (C=O) groups excluding carboxylic acids is 3. The second-order valence-electron chi connectivity index (χ2n) is 7.56. The number of hydrogen-bond donors (Lipinski definition) is 1. The van der Waals surface area contributed by atoms with Gasteiger partial charge in [0.25, 0.3) is 11.1 Å². The van der Waals surface area contributed by atoms with Crippen molar-refractivity contribution >= 4 is 63.8 Å². The van der Waals surface area contributed by atoms with Gasteiger partial charge in [0.15, 0.2) is 0 Å². The molecule has 3 amide bonds. The highest BCUT2D eigenvalue weighted by Crippen LogP contribution is 2.37. The lowest BCUT2D eigenvalue weighted by Gasteiger charge is -2.16. The fourth-order valence-corrected chi connectivity index (χ4v) is 4.54. The van der Waals surface area contributed by atoms with Gasteiger partial charge in [0.1, 0.15) is 23.8 Å². The van der Waals surface area contributed by atoms with Gasteiger partial charge in [0.2, 0.25) is 5.91 Å². The molecule has 192 valence electrons. The first-order valence-electron chi connectivity index (χ1n) is 10.3. The molecule has 1 saturated heterocycles. The molecule has 2 aromatic carbocycles. The average Bonchev–Trinajstić information content (AvgIpc) is 3.40. The second kappa shape index (κ2) is 10.5. The van der Waals surface area contributed by atoms with Crippen LogP contribution in [0.25, 0.3) is 17.4 Å². The second-order valence-corrected chi connectivity index (χ2v) is 9.39. The monoisotopic (exact) mass is 570 g/mol. The molecule has 1 fully saturated rings. The number of alkyl halides is 3. The molecule has 3 aromatic rings. The van der Waals surface area contributed by atoms with E-state index in [2.05, 4.69) is 5.32 Å². The van der Waals surface area contributed by atoms with Crippen molar-refractivity contribution in [2.75, 3.05) is 19.0 Å². The first kappa shape index (κ1) is 26.6. The molecule has 0 radical (unpaired) electrons. The highest BCUT2D eigenvalue weighted by molar-refractivity contribution is 8.18. The van der Waals surface area contributed by atoms with Crippen LogP contribution >= 0.6 is 35.0 Å². The fourth-order valence-electron chi connectivity index (χ4n) is 3.34. The number of imide groups is 1. The third-order valence-corrected chi connectivity index (χ3v) is 6.54. The summed E-state index contributed by atoms with van der Waals surface area (Å²) in [5.74, 6) is -1.05. The molecule has 0 unspecified atom stereocenters. The summed E-state index contributed by atoms with van der Waals surface area (Å²) in [6.07, 6.45) is -3.31. The summed E-state index contributed by atoms with van der Waals surface area (Å²) < 4.78 is 49.8. The van der Waals surface area contributed by atoms with Crippen molar-refractivity contribution < 1.29 is 36.7 Å². The quantitative estimate of drug-likeness (QED) is 0.322. The number of benzene rings is 2. The third kappa shape index (κ3) is 5.95. The Kier molecular flexibility index (Phi) is 7.58. The van der Waals surface area contributed by atoms with Gasteiger partial charge in [-0.25, -0.2) is 0 Å². The van der Waals surface area contributed by atoms with Crippen LogP contribution in [0, 0.1) is 0 Å². The van der Waals surface area contributed by atoms with E-state index in [9.17, 15) is 27.6 Å². The lowest BCUT2D eigenvalue weighted by atomic mass is 10.1. The van der Waals surface area contributed by atoms with Gasteiger partial charge in [0.05, 0.1) is 28.3 Å². The number of methoxy groups -OCH3 is 1. The number of nitrogens with zero attached hydrogens (tertiary/aromatic N) is 1. The molecular weight excluding hydrogens is 556 g/mol. The summed E-state index contributed by atoms with van der Waals surface area (Å²) in [6.45, 7) is -0.719. The minimum Gasteiger partial charge on any atom is -0.495 e. The Hall–Kier alpha value is -3.41. The zero-order valence-corrected chi connectivity index (χ0v) is 21.0. The molecule has 1 aromatic heterocycles. The van der Waals surface area contributed by atoms with Crippen molar-refractivity contribution in [3.8, 4) is 17.1 Å². The summed E-state index contributed by atoms with van der Waals surface area (Å²) in [5, 5.41) is 2.37. The number of amides is 3. The van der Waals surface area contributed by atoms with Gasteiger partial charge in [-0.3, -0.25) is 19.3 Å². The predicted octanol–water partition coefficient (Wildman–Crippen LogP) is 6.96. The maximum Gasteiger partial charge on any atom is 0.416 e. The predicted molar refractivity (Wildman–Crippen MR) is 133 cm³/mol. The molecule has 1 aliphatic rings. The van der Waals surface area contributed by atoms with Crippen LogP contribution in [0.4, 0.5) is 23.7 Å². The van der Waals surface area contributed by atoms with Crippen molar-refractivity contribution in [1.29, 1.82) is 0 Å². The lowest BCUT2D eigenvalue weighted by Crippen LogP contribution is -2.36. The molecule has 4 rings (SSSR count). The summed E-state index contributed by atoms with van der Waals surface area (Å²) in [7, 11) is 1.22. The highest BCUT2D eigenvalue weighted by atomic mass is 35.5. The van der Waals surface area contributed by atoms with Gasteiger partial charge in [-0.15, -0.1) is 0 Å². The normalized spacial score (nSPS) is 15.0. The summed E-state index contributed by atoms with van der Waals surface area (Å²) in [4.78, 5) is 38.3. The number of halogens is 5. The van der Waals surface area contributed by atoms with Crippen LogP contribution in [0.1, 0.15) is 11.3 Å². The maximum atomic E-state index is 13.0. The van der Waals surface area contributed by atoms with E-state index in [1.165, 1.54) is 13.2 Å². The van der Waals surface area contributed by atoms with E-state index in [1.807, 2.05) is 0 Å². The molecule has 1 aliphatic heterocycles. The van der Waals surface area contributed by atoms with Crippen molar-refractivity contribution in [2.45, 2.75) is 6.18 Å². The number of ether oxygens (including phenoxy) is 1. The standard InChI is InChI=1S/C24H15Cl2F3N2O5S/c1-35-19-6-2-12(24(27,28)29)8-17(19)30-21(32)11-31-22(33)20(37-23(31)34)10-14-4-7-18(36-14)15-9-13(25)3-5-16(15)26/h2-10H,11H2,1H3,(H,30,32)/b20-10-. The molecule has 0 atom stereocenters. The Morgan fingerprint density at radius 1 is 1.14 bits per heavy atom. The molecule has 0 bridgehead atoms. The van der Waals surface area contributed by atoms with Gasteiger partial charge in [-0.05, 0) is 60.3 Å². The minimum absolute atomic E-state index is 0.00691. The minimum atomic E-state index is -4.65. The number of nitrogens with one attached hydrogen (secondary N) is 1. The van der Waals surface area contributed by atoms with Crippen molar-refractivity contribution in [1.82, 2.24) is 4.90 Å². The van der Waals surface area contributed by atoms with Crippen LogP contribution < -0.4 is 10.1 Å². The Balaban J connectivity index is 1.48. The summed E-state index contributed by atoms with van der Waals surface area (Å²) >= 11 is 12.8. The topological polar surface area (TPSA) is 88.8 Å². The Morgan fingerprint density at radius 3 is 2.59 bits per heavy atom. The summed E-state index contributed by atoms with van der Waals surface area (Å²) in [5.41, 5.74) is -0.731. The van der Waals surface area contributed by atoms with Gasteiger partial charge in [-0.2, -0.15) is 13.2 Å². The molecule has 37 heavy (non-hydrogen) atoms. The number of thioether (sulfide) groups is 1. The van der Waals surface area contributed by atoms with Crippen LogP contribution in [0.5, 0.6) is 5.75 Å². The molecular formula is C24H15Cl2F3N2O5S. The van der Waals surface area contributed by atoms with Crippen LogP contribution in [0.2, 0.25) is 10.0 Å². The van der Waals surface area contributed by atoms with Crippen molar-refractivity contribution in [3.63, 3.8) is 0 Å². The number of carbonyl (C=O) groups is 3. The van der Waals surface area contributed by atoms with Gasteiger partial charge in [0, 0.05) is 16.7 Å². The van der Waals surface area contributed by atoms with E-state index in [4.69, 9.17) is 32.4 Å². The zero-order valence-electron chi connectivity index (χ0n) is 18.7. The van der Waals surface area contributed by atoms with Crippen molar-refractivity contribution in [3.05, 3.63) is 74.8 Å². The number of anilines is 1. The number of furan rings is 1. The van der Waals surface area contributed by atoms with E-state index in [0.717, 1.165) is 12.1 Å². The van der Waals surface area contributed by atoms with Gasteiger partial charge < -0.3 is 14.5 Å². The Labute approximate surface area is 222 Å². The van der Waals surface area contributed by atoms with Crippen LogP contribution in [-0.2, 0) is 15.8 Å². The maximum absolute atomic E-state index is 13.0. The molecule has 13 heteroatoms. The van der Waals surface area contributed by atoms with E-state index in [0.29, 0.717) is 44.1 Å². The largest absolute Gasteiger partial charge is 0.495 e. The molecule has 0 aliphatic carbocycles. The lowest BCUT2D eigenvalue weighted by molar-refractivity contribution is -0.137. The highest BCUT2D eigenvalue weighted by Gasteiger charge is 2.37. The molecule has 2 heterocycles. The first-order valence-corrected chi connectivity index (χ1v) is 11.9. The van der Waals surface area contributed by atoms with Crippen LogP contribution in [0.15, 0.2) is 57.9 Å². The van der Waals surface area contributed by atoms with E-state index < -0.39 is 35.3 Å². The van der Waals surface area contributed by atoms with Crippen molar-refractivity contribution in [2.24, 2.45) is 0 Å². The van der Waals surface area contributed by atoms with Gasteiger partial charge in [-0.1, -0.05) is 23.2 Å². The third-order valence-electron chi connectivity index (χ3n) is 5.07. The fraction of sp³-hybridized carbons (Fsp3) is 0.125. The zero-order chi connectivity index (χ0) is 26.9. The van der Waals surface area contributed by atoms with E-state index in [1.54, 1.807) is 30.3 Å². The smallest absolute Gasteiger partial charge is 0.416 e. The SMILES string of the molecule is COc1ccc(C(F)(F)F)cc1NC(=O)CN1C(=O)S/C(=C\c2ccc(-c3cc(Cl)ccc3Cl)o2)C1=O.